The molecule has 2 aromatic rings. The van der Waals surface area contributed by atoms with Gasteiger partial charge >= 0.3 is 0 Å². The highest BCUT2D eigenvalue weighted by atomic mass is 16.7. The quantitative estimate of drug-likeness (QED) is 0.881. The van der Waals surface area contributed by atoms with Crippen LogP contribution >= 0.6 is 0 Å². The Morgan fingerprint density at radius 3 is 2.58 bits per heavy atom. The standard InChI is InChI=1S/C18H18O6/c1-9-16(10-4-3-5-12(21-2)17(10)19)11-6-14-15(23-8-22-14)7-13(11)24-18(9)20/h3-7,9,16,18-20H,8H2,1-2H3. The molecule has 0 fully saturated rings. The topological polar surface area (TPSA) is 77.4 Å². The van der Waals surface area contributed by atoms with Crippen LogP contribution in [0.25, 0.3) is 0 Å². The maximum absolute atomic E-state index is 10.6. The van der Waals surface area contributed by atoms with E-state index < -0.39 is 6.29 Å². The average Bonchev–Trinajstić information content (AvgIpc) is 3.02. The zero-order valence-corrected chi connectivity index (χ0v) is 13.4. The maximum atomic E-state index is 10.6. The number of aromatic hydroxyl groups is 1. The highest BCUT2D eigenvalue weighted by Crippen LogP contribution is 2.51. The van der Waals surface area contributed by atoms with Crippen molar-refractivity contribution in [3.63, 3.8) is 0 Å². The first kappa shape index (κ1) is 15.0. The van der Waals surface area contributed by atoms with E-state index in [-0.39, 0.29) is 24.4 Å². The molecule has 2 N–H and O–H groups in total. The number of rotatable bonds is 2. The van der Waals surface area contributed by atoms with Crippen LogP contribution in [0.15, 0.2) is 30.3 Å². The Balaban J connectivity index is 1.89. The summed E-state index contributed by atoms with van der Waals surface area (Å²) >= 11 is 0. The Labute approximate surface area is 139 Å². The Kier molecular flexibility index (Phi) is 3.42. The molecule has 6 heteroatoms. The average molecular weight is 330 g/mol. The van der Waals surface area contributed by atoms with E-state index >= 15 is 0 Å². The lowest BCUT2D eigenvalue weighted by Gasteiger charge is -2.36. The van der Waals surface area contributed by atoms with Crippen molar-refractivity contribution in [2.24, 2.45) is 5.92 Å². The molecule has 3 unspecified atom stereocenters. The minimum atomic E-state index is -0.992. The molecule has 0 radical (unpaired) electrons. The summed E-state index contributed by atoms with van der Waals surface area (Å²) in [6.07, 6.45) is -0.992. The number of aliphatic hydroxyl groups excluding tert-OH is 1. The van der Waals surface area contributed by atoms with Crippen LogP contribution in [0.3, 0.4) is 0 Å². The molecule has 2 aromatic carbocycles. The SMILES string of the molecule is COc1cccc(C2c3cc4c(cc3OC(O)C2C)OCO4)c1O. The van der Waals surface area contributed by atoms with Crippen LogP contribution in [-0.4, -0.2) is 30.4 Å². The third-order valence-corrected chi connectivity index (χ3v) is 4.65. The number of hydrogen-bond acceptors (Lipinski definition) is 6. The molecule has 0 aliphatic carbocycles. The first-order valence-electron chi connectivity index (χ1n) is 7.74. The zero-order chi connectivity index (χ0) is 16.8. The summed E-state index contributed by atoms with van der Waals surface area (Å²) in [5.74, 6) is 1.66. The van der Waals surface area contributed by atoms with Crippen LogP contribution in [0.1, 0.15) is 24.0 Å². The van der Waals surface area contributed by atoms with Crippen molar-refractivity contribution in [1.82, 2.24) is 0 Å². The number of para-hydroxylation sites is 1. The van der Waals surface area contributed by atoms with Gasteiger partial charge in [-0.25, -0.2) is 0 Å². The number of aliphatic hydroxyl groups is 1. The number of phenols is 1. The highest BCUT2D eigenvalue weighted by molar-refractivity contribution is 5.58. The fourth-order valence-corrected chi connectivity index (χ4v) is 3.38. The second-order valence-electron chi connectivity index (χ2n) is 5.99. The van der Waals surface area contributed by atoms with Gasteiger partial charge in [0, 0.05) is 29.0 Å². The van der Waals surface area contributed by atoms with Gasteiger partial charge in [-0.05, 0) is 12.1 Å². The van der Waals surface area contributed by atoms with Gasteiger partial charge in [-0.1, -0.05) is 19.1 Å². The Bertz CT molecular complexity index is 787. The maximum Gasteiger partial charge on any atom is 0.231 e. The Morgan fingerprint density at radius 2 is 1.83 bits per heavy atom. The third-order valence-electron chi connectivity index (χ3n) is 4.65. The summed E-state index contributed by atoms with van der Waals surface area (Å²) in [5, 5.41) is 20.9. The molecule has 6 nitrogen and oxygen atoms in total. The van der Waals surface area contributed by atoms with Gasteiger partial charge in [-0.2, -0.15) is 0 Å². The molecule has 0 amide bonds. The Morgan fingerprint density at radius 1 is 1.08 bits per heavy atom. The number of hydrogen-bond donors (Lipinski definition) is 2. The van der Waals surface area contributed by atoms with Crippen molar-refractivity contribution < 1.29 is 29.2 Å². The van der Waals surface area contributed by atoms with E-state index in [1.807, 2.05) is 25.1 Å². The summed E-state index contributed by atoms with van der Waals surface area (Å²) in [6.45, 7) is 2.03. The summed E-state index contributed by atoms with van der Waals surface area (Å²) in [6, 6.07) is 8.90. The van der Waals surface area contributed by atoms with Gasteiger partial charge in [0.05, 0.1) is 7.11 Å². The predicted octanol–water partition coefficient (Wildman–Crippen LogP) is 2.61. The number of phenolic OH excluding ortho intramolecular Hbond substituents is 1. The summed E-state index contributed by atoms with van der Waals surface area (Å²) in [7, 11) is 1.51. The van der Waals surface area contributed by atoms with Crippen LogP contribution in [0, 0.1) is 5.92 Å². The number of methoxy groups -OCH3 is 1. The van der Waals surface area contributed by atoms with Crippen LogP contribution < -0.4 is 18.9 Å². The van der Waals surface area contributed by atoms with Crippen molar-refractivity contribution in [3.8, 4) is 28.7 Å². The van der Waals surface area contributed by atoms with Gasteiger partial charge in [0.2, 0.25) is 13.1 Å². The second-order valence-corrected chi connectivity index (χ2v) is 5.99. The second kappa shape index (κ2) is 5.49. The molecule has 2 aliphatic heterocycles. The smallest absolute Gasteiger partial charge is 0.231 e. The molecular formula is C18H18O6. The first-order chi connectivity index (χ1) is 11.6. The molecule has 0 aromatic heterocycles. The van der Waals surface area contributed by atoms with Crippen LogP contribution in [0.2, 0.25) is 0 Å². The van der Waals surface area contributed by atoms with E-state index in [2.05, 4.69) is 0 Å². The lowest BCUT2D eigenvalue weighted by atomic mass is 9.78. The number of ether oxygens (including phenoxy) is 4. The monoisotopic (exact) mass is 330 g/mol. The summed E-state index contributed by atoms with van der Waals surface area (Å²) in [4.78, 5) is 0. The molecule has 0 saturated carbocycles. The zero-order valence-electron chi connectivity index (χ0n) is 13.4. The number of fused-ring (bicyclic) bond motifs is 2. The third kappa shape index (κ3) is 2.14. The van der Waals surface area contributed by atoms with E-state index in [0.29, 0.717) is 28.6 Å². The first-order valence-corrected chi connectivity index (χ1v) is 7.74. The van der Waals surface area contributed by atoms with E-state index in [1.165, 1.54) is 7.11 Å². The molecule has 0 bridgehead atoms. The van der Waals surface area contributed by atoms with Crippen molar-refractivity contribution in [3.05, 3.63) is 41.5 Å². The van der Waals surface area contributed by atoms with E-state index in [0.717, 1.165) is 5.56 Å². The molecule has 0 spiro atoms. The highest BCUT2D eigenvalue weighted by Gasteiger charge is 2.38. The lowest BCUT2D eigenvalue weighted by molar-refractivity contribution is -0.0730. The molecule has 126 valence electrons. The van der Waals surface area contributed by atoms with Gasteiger partial charge in [0.1, 0.15) is 5.75 Å². The molecule has 0 saturated heterocycles. The minimum absolute atomic E-state index is 0.0644. The van der Waals surface area contributed by atoms with Gasteiger partial charge < -0.3 is 29.2 Å². The van der Waals surface area contributed by atoms with Crippen molar-refractivity contribution in [1.29, 1.82) is 0 Å². The van der Waals surface area contributed by atoms with Crippen molar-refractivity contribution in [2.75, 3.05) is 13.9 Å². The Hall–Kier alpha value is -2.60. The van der Waals surface area contributed by atoms with Gasteiger partial charge in [0.15, 0.2) is 23.0 Å². The van der Waals surface area contributed by atoms with Crippen LogP contribution in [0.5, 0.6) is 28.7 Å². The van der Waals surface area contributed by atoms with Crippen molar-refractivity contribution >= 4 is 0 Å². The van der Waals surface area contributed by atoms with Gasteiger partial charge in [0.25, 0.3) is 0 Å². The van der Waals surface area contributed by atoms with Crippen LogP contribution in [-0.2, 0) is 0 Å². The van der Waals surface area contributed by atoms with E-state index in [1.54, 1.807) is 12.1 Å². The fourth-order valence-electron chi connectivity index (χ4n) is 3.38. The normalized spacial score (nSPS) is 24.2. The molecule has 2 aliphatic rings. The predicted molar refractivity (Wildman–Crippen MR) is 84.9 cm³/mol. The largest absolute Gasteiger partial charge is 0.504 e. The van der Waals surface area contributed by atoms with Crippen molar-refractivity contribution in [2.45, 2.75) is 19.1 Å². The lowest BCUT2D eigenvalue weighted by Crippen LogP contribution is -2.34. The van der Waals surface area contributed by atoms with E-state index in [9.17, 15) is 10.2 Å². The molecule has 3 atom stereocenters. The fraction of sp³-hybridized carbons (Fsp3) is 0.333. The van der Waals surface area contributed by atoms with E-state index in [4.69, 9.17) is 18.9 Å². The summed E-state index contributed by atoms with van der Waals surface area (Å²) < 4.78 is 21.7. The minimum Gasteiger partial charge on any atom is -0.504 e. The summed E-state index contributed by atoms with van der Waals surface area (Å²) in [5.41, 5.74) is 1.50. The van der Waals surface area contributed by atoms with Crippen LogP contribution in [0.4, 0.5) is 0 Å². The van der Waals surface area contributed by atoms with Gasteiger partial charge in [-0.15, -0.1) is 0 Å². The molecule has 24 heavy (non-hydrogen) atoms. The molecule has 2 heterocycles. The van der Waals surface area contributed by atoms with Gasteiger partial charge in [-0.3, -0.25) is 0 Å². The molecular weight excluding hydrogens is 312 g/mol. The molecule has 4 rings (SSSR count). The number of benzene rings is 2.